The highest BCUT2D eigenvalue weighted by Gasteiger charge is 2.44. The summed E-state index contributed by atoms with van der Waals surface area (Å²) in [4.78, 5) is 2.33. The summed E-state index contributed by atoms with van der Waals surface area (Å²) in [5.41, 5.74) is 0. The molecule has 0 aromatic carbocycles. The number of rotatable bonds is 3. The van der Waals surface area contributed by atoms with E-state index >= 15 is 0 Å². The van der Waals surface area contributed by atoms with Crippen molar-refractivity contribution in [1.29, 1.82) is 0 Å². The number of hydrogen-bond acceptors (Lipinski definition) is 2. The third-order valence-electron chi connectivity index (χ3n) is 5.31. The molecule has 0 aromatic rings. The maximum atomic E-state index is 12.8. The first kappa shape index (κ1) is 17.1. The Morgan fingerprint density at radius 2 is 1.71 bits per heavy atom. The summed E-state index contributed by atoms with van der Waals surface area (Å²) in [7, 11) is 0. The molecule has 0 aromatic heterocycles. The standard InChI is InChI=1S/C16H29F3N2/c1-4-20-14-10-11(2)9-12(3)15(14)21-7-5-13(6-8-21)16(17,18)19/h11-15,20H,4-10H2,1-3H3. The maximum Gasteiger partial charge on any atom is 0.391 e. The molecule has 4 unspecified atom stereocenters. The number of hydrogen-bond donors (Lipinski definition) is 1. The van der Waals surface area contributed by atoms with Gasteiger partial charge in [-0.2, -0.15) is 13.2 Å². The van der Waals surface area contributed by atoms with Gasteiger partial charge in [0.1, 0.15) is 0 Å². The third kappa shape index (κ3) is 4.13. The fraction of sp³-hybridized carbons (Fsp3) is 1.00. The quantitative estimate of drug-likeness (QED) is 0.856. The van der Waals surface area contributed by atoms with Crippen LogP contribution in [-0.2, 0) is 0 Å². The first-order chi connectivity index (χ1) is 9.82. The van der Waals surface area contributed by atoms with Crippen LogP contribution in [0.4, 0.5) is 13.2 Å². The largest absolute Gasteiger partial charge is 0.391 e. The average Bonchev–Trinajstić information content (AvgIpc) is 2.37. The molecule has 1 N–H and O–H groups in total. The van der Waals surface area contributed by atoms with Gasteiger partial charge in [0.2, 0.25) is 0 Å². The number of alkyl halides is 3. The van der Waals surface area contributed by atoms with Crippen molar-refractivity contribution >= 4 is 0 Å². The van der Waals surface area contributed by atoms with Gasteiger partial charge >= 0.3 is 6.18 Å². The summed E-state index contributed by atoms with van der Waals surface area (Å²) in [6, 6.07) is 0.825. The highest BCUT2D eigenvalue weighted by atomic mass is 19.4. The van der Waals surface area contributed by atoms with Crippen LogP contribution >= 0.6 is 0 Å². The summed E-state index contributed by atoms with van der Waals surface area (Å²) < 4.78 is 38.4. The van der Waals surface area contributed by atoms with Crippen LogP contribution in [0.15, 0.2) is 0 Å². The molecule has 0 spiro atoms. The van der Waals surface area contributed by atoms with E-state index in [-0.39, 0.29) is 12.8 Å². The molecule has 1 heterocycles. The summed E-state index contributed by atoms with van der Waals surface area (Å²) in [6.07, 6.45) is -1.16. The molecule has 1 saturated carbocycles. The van der Waals surface area contributed by atoms with Crippen molar-refractivity contribution in [2.45, 2.75) is 64.7 Å². The minimum atomic E-state index is -4.01. The zero-order valence-electron chi connectivity index (χ0n) is 13.4. The maximum absolute atomic E-state index is 12.8. The molecule has 2 nitrogen and oxygen atoms in total. The van der Waals surface area contributed by atoms with E-state index in [0.29, 0.717) is 37.0 Å². The fourth-order valence-electron chi connectivity index (χ4n) is 4.45. The van der Waals surface area contributed by atoms with Crippen LogP contribution in [0.1, 0.15) is 46.5 Å². The minimum absolute atomic E-state index is 0.265. The lowest BCUT2D eigenvalue weighted by Gasteiger charge is -2.48. The minimum Gasteiger partial charge on any atom is -0.313 e. The van der Waals surface area contributed by atoms with Crippen molar-refractivity contribution in [3.8, 4) is 0 Å². The van der Waals surface area contributed by atoms with Gasteiger partial charge < -0.3 is 5.32 Å². The van der Waals surface area contributed by atoms with E-state index < -0.39 is 12.1 Å². The van der Waals surface area contributed by atoms with Crippen LogP contribution < -0.4 is 5.32 Å². The average molecular weight is 306 g/mol. The van der Waals surface area contributed by atoms with Gasteiger partial charge in [-0.3, -0.25) is 4.90 Å². The molecule has 21 heavy (non-hydrogen) atoms. The monoisotopic (exact) mass is 306 g/mol. The molecule has 0 amide bonds. The number of likely N-dealkylation sites (N-methyl/N-ethyl adjacent to an activating group) is 1. The smallest absolute Gasteiger partial charge is 0.313 e. The first-order valence-electron chi connectivity index (χ1n) is 8.37. The molecule has 4 atom stereocenters. The van der Waals surface area contributed by atoms with Gasteiger partial charge in [-0.05, 0) is 57.2 Å². The molecule has 1 aliphatic carbocycles. The molecule has 5 heteroatoms. The second-order valence-electron chi connectivity index (χ2n) is 7.06. The normalized spacial score (nSPS) is 36.9. The topological polar surface area (TPSA) is 15.3 Å². The molecule has 2 aliphatic rings. The van der Waals surface area contributed by atoms with Crippen LogP contribution in [-0.4, -0.2) is 42.8 Å². The highest BCUT2D eigenvalue weighted by molar-refractivity contribution is 4.95. The lowest BCUT2D eigenvalue weighted by atomic mass is 9.75. The number of likely N-dealkylation sites (tertiary alicyclic amines) is 1. The third-order valence-corrected chi connectivity index (χ3v) is 5.31. The van der Waals surface area contributed by atoms with Crippen molar-refractivity contribution < 1.29 is 13.2 Å². The molecule has 1 saturated heterocycles. The van der Waals surface area contributed by atoms with Crippen molar-refractivity contribution in [3.63, 3.8) is 0 Å². The SMILES string of the molecule is CCNC1CC(C)CC(C)C1N1CCC(C(F)(F)F)CC1. The Labute approximate surface area is 126 Å². The molecule has 0 bridgehead atoms. The van der Waals surface area contributed by atoms with Gasteiger partial charge in [-0.15, -0.1) is 0 Å². The summed E-state index contributed by atoms with van der Waals surface area (Å²) in [5.74, 6) is 0.164. The molecular formula is C16H29F3N2. The Hall–Kier alpha value is -0.290. The summed E-state index contributed by atoms with van der Waals surface area (Å²) in [6.45, 7) is 8.77. The van der Waals surface area contributed by atoms with E-state index in [1.54, 1.807) is 0 Å². The van der Waals surface area contributed by atoms with Gasteiger partial charge in [-0.1, -0.05) is 20.8 Å². The van der Waals surface area contributed by atoms with E-state index in [4.69, 9.17) is 0 Å². The predicted octanol–water partition coefficient (Wildman–Crippen LogP) is 3.67. The van der Waals surface area contributed by atoms with E-state index in [1.807, 2.05) is 0 Å². The second kappa shape index (κ2) is 6.86. The lowest BCUT2D eigenvalue weighted by Crippen LogP contribution is -2.58. The van der Waals surface area contributed by atoms with Gasteiger partial charge in [0, 0.05) is 12.1 Å². The van der Waals surface area contributed by atoms with Gasteiger partial charge in [0.25, 0.3) is 0 Å². The van der Waals surface area contributed by atoms with Crippen LogP contribution in [0.5, 0.6) is 0 Å². The van der Waals surface area contributed by atoms with E-state index in [1.165, 1.54) is 6.42 Å². The van der Waals surface area contributed by atoms with Gasteiger partial charge in [-0.25, -0.2) is 0 Å². The zero-order chi connectivity index (χ0) is 15.6. The summed E-state index contributed by atoms with van der Waals surface area (Å²) in [5, 5.41) is 3.57. The van der Waals surface area contributed by atoms with Crippen LogP contribution in [0.2, 0.25) is 0 Å². The Bertz CT molecular complexity index is 324. The Balaban J connectivity index is 1.99. The molecule has 0 radical (unpaired) electrons. The predicted molar refractivity (Wildman–Crippen MR) is 79.2 cm³/mol. The van der Waals surface area contributed by atoms with Gasteiger partial charge in [0.05, 0.1) is 5.92 Å². The summed E-state index contributed by atoms with van der Waals surface area (Å²) >= 11 is 0. The molecule has 124 valence electrons. The van der Waals surface area contributed by atoms with Crippen LogP contribution in [0.3, 0.4) is 0 Å². The first-order valence-corrected chi connectivity index (χ1v) is 8.37. The number of halogens is 3. The van der Waals surface area contributed by atoms with Crippen molar-refractivity contribution in [1.82, 2.24) is 10.2 Å². The van der Waals surface area contributed by atoms with Crippen molar-refractivity contribution in [2.75, 3.05) is 19.6 Å². The molecular weight excluding hydrogens is 277 g/mol. The number of nitrogens with one attached hydrogen (secondary N) is 1. The Morgan fingerprint density at radius 3 is 2.24 bits per heavy atom. The molecule has 1 aliphatic heterocycles. The fourth-order valence-corrected chi connectivity index (χ4v) is 4.45. The Morgan fingerprint density at radius 1 is 1.10 bits per heavy atom. The van der Waals surface area contributed by atoms with Crippen LogP contribution in [0.25, 0.3) is 0 Å². The van der Waals surface area contributed by atoms with E-state index in [0.717, 1.165) is 13.0 Å². The van der Waals surface area contributed by atoms with E-state index in [2.05, 4.69) is 31.0 Å². The lowest BCUT2D eigenvalue weighted by molar-refractivity contribution is -0.187. The van der Waals surface area contributed by atoms with Gasteiger partial charge in [0.15, 0.2) is 0 Å². The molecule has 2 rings (SSSR count). The van der Waals surface area contributed by atoms with E-state index in [9.17, 15) is 13.2 Å². The Kier molecular flexibility index (Phi) is 5.58. The zero-order valence-corrected chi connectivity index (χ0v) is 13.4. The highest BCUT2D eigenvalue weighted by Crippen LogP contribution is 2.38. The van der Waals surface area contributed by atoms with Crippen molar-refractivity contribution in [2.24, 2.45) is 17.8 Å². The van der Waals surface area contributed by atoms with Crippen molar-refractivity contribution in [3.05, 3.63) is 0 Å². The number of nitrogens with zero attached hydrogens (tertiary/aromatic N) is 1. The number of piperidine rings is 1. The van der Waals surface area contributed by atoms with Crippen LogP contribution in [0, 0.1) is 17.8 Å². The second-order valence-corrected chi connectivity index (χ2v) is 7.06. The molecule has 2 fully saturated rings.